The number of amides is 2. The van der Waals surface area contributed by atoms with Gasteiger partial charge in [0.1, 0.15) is 5.76 Å². The molecule has 1 aliphatic heterocycles. The number of nitrogens with zero attached hydrogens (tertiary/aromatic N) is 2. The van der Waals surface area contributed by atoms with Gasteiger partial charge in [-0.15, -0.1) is 0 Å². The maximum absolute atomic E-state index is 12.5. The molecule has 144 valence electrons. The standard InChI is InChI=1S/C17H12N2O8S/c1-26-16(22)12-6-5-10(27-12)8-18-15(21)13(28-17(18)23)7-9-3-2-4-11(14(9)20)19(24)25/h2-7,20H,8H2,1H3/b13-7+. The minimum absolute atomic E-state index is 0.0134. The van der Waals surface area contributed by atoms with Crippen molar-refractivity contribution in [2.24, 2.45) is 0 Å². The molecule has 0 radical (unpaired) electrons. The van der Waals surface area contributed by atoms with E-state index in [1.54, 1.807) is 0 Å². The van der Waals surface area contributed by atoms with Crippen LogP contribution in [0.25, 0.3) is 6.08 Å². The van der Waals surface area contributed by atoms with Gasteiger partial charge in [0.05, 0.1) is 23.5 Å². The Morgan fingerprint density at radius 3 is 2.79 bits per heavy atom. The summed E-state index contributed by atoms with van der Waals surface area (Å²) >= 11 is 0.621. The Hall–Kier alpha value is -3.60. The summed E-state index contributed by atoms with van der Waals surface area (Å²) in [6.07, 6.45) is 1.20. The van der Waals surface area contributed by atoms with Crippen molar-refractivity contribution < 1.29 is 33.6 Å². The number of ether oxygens (including phenoxy) is 1. The third-order valence-electron chi connectivity index (χ3n) is 3.77. The van der Waals surface area contributed by atoms with Gasteiger partial charge in [0.15, 0.2) is 0 Å². The first-order valence-corrected chi connectivity index (χ1v) is 8.52. The lowest BCUT2D eigenvalue weighted by atomic mass is 10.1. The first kappa shape index (κ1) is 19.2. The molecule has 1 N–H and O–H groups in total. The first-order valence-electron chi connectivity index (χ1n) is 7.70. The molecule has 0 spiro atoms. The molecule has 0 saturated carbocycles. The van der Waals surface area contributed by atoms with E-state index >= 15 is 0 Å². The van der Waals surface area contributed by atoms with Crippen molar-refractivity contribution in [1.82, 2.24) is 4.90 Å². The number of rotatable bonds is 5. The molecule has 10 nitrogen and oxygen atoms in total. The Morgan fingerprint density at radius 1 is 1.36 bits per heavy atom. The third kappa shape index (κ3) is 3.60. The van der Waals surface area contributed by atoms with E-state index in [9.17, 15) is 29.6 Å². The van der Waals surface area contributed by atoms with E-state index in [0.717, 1.165) is 11.0 Å². The Morgan fingerprint density at radius 2 is 2.11 bits per heavy atom. The number of aromatic hydroxyl groups is 1. The van der Waals surface area contributed by atoms with Gasteiger partial charge in [-0.2, -0.15) is 0 Å². The van der Waals surface area contributed by atoms with Crippen molar-refractivity contribution in [3.8, 4) is 5.75 Å². The Labute approximate surface area is 161 Å². The number of phenols is 1. The van der Waals surface area contributed by atoms with Gasteiger partial charge in [0, 0.05) is 11.6 Å². The molecule has 1 aliphatic rings. The smallest absolute Gasteiger partial charge is 0.373 e. The van der Waals surface area contributed by atoms with Crippen LogP contribution < -0.4 is 0 Å². The molecule has 28 heavy (non-hydrogen) atoms. The van der Waals surface area contributed by atoms with Crippen LogP contribution in [0.3, 0.4) is 0 Å². The molecular weight excluding hydrogens is 392 g/mol. The van der Waals surface area contributed by atoms with Gasteiger partial charge < -0.3 is 14.3 Å². The van der Waals surface area contributed by atoms with Crippen LogP contribution in [0, 0.1) is 10.1 Å². The van der Waals surface area contributed by atoms with Crippen LogP contribution in [-0.2, 0) is 16.1 Å². The summed E-state index contributed by atoms with van der Waals surface area (Å²) in [7, 11) is 1.19. The van der Waals surface area contributed by atoms with Crippen LogP contribution >= 0.6 is 11.8 Å². The number of methoxy groups -OCH3 is 1. The molecule has 2 aromatic rings. The maximum atomic E-state index is 12.5. The van der Waals surface area contributed by atoms with Crippen molar-refractivity contribution in [2.45, 2.75) is 6.54 Å². The van der Waals surface area contributed by atoms with Crippen molar-refractivity contribution in [3.05, 3.63) is 62.4 Å². The highest BCUT2D eigenvalue weighted by molar-refractivity contribution is 8.18. The average molecular weight is 404 g/mol. The molecule has 11 heteroatoms. The van der Waals surface area contributed by atoms with Crippen molar-refractivity contribution in [2.75, 3.05) is 7.11 Å². The molecule has 1 aromatic carbocycles. The Bertz CT molecular complexity index is 1030. The Kier molecular flexibility index (Phi) is 5.18. The number of thioether (sulfide) groups is 1. The van der Waals surface area contributed by atoms with Crippen LogP contribution in [-0.4, -0.2) is 39.2 Å². The van der Waals surface area contributed by atoms with Crippen LogP contribution in [0.4, 0.5) is 10.5 Å². The summed E-state index contributed by atoms with van der Waals surface area (Å²) in [6, 6.07) is 6.65. The van der Waals surface area contributed by atoms with Crippen LogP contribution in [0.15, 0.2) is 39.7 Å². The van der Waals surface area contributed by atoms with Gasteiger partial charge in [-0.05, 0) is 30.0 Å². The number of para-hydroxylation sites is 1. The number of carbonyl (C=O) groups is 3. The zero-order valence-corrected chi connectivity index (χ0v) is 15.1. The number of hydrogen-bond acceptors (Lipinski definition) is 9. The summed E-state index contributed by atoms with van der Waals surface area (Å²) < 4.78 is 9.76. The van der Waals surface area contributed by atoms with E-state index in [1.165, 1.54) is 37.5 Å². The quantitative estimate of drug-likeness (QED) is 0.344. The summed E-state index contributed by atoms with van der Waals surface area (Å²) in [4.78, 5) is 47.1. The number of esters is 1. The highest BCUT2D eigenvalue weighted by Gasteiger charge is 2.36. The van der Waals surface area contributed by atoms with Crippen molar-refractivity contribution in [3.63, 3.8) is 0 Å². The fourth-order valence-corrected chi connectivity index (χ4v) is 3.25. The number of nitro groups is 1. The largest absolute Gasteiger partial charge is 0.502 e. The van der Waals surface area contributed by atoms with Crippen LogP contribution in [0.2, 0.25) is 0 Å². The number of furan rings is 1. The summed E-state index contributed by atoms with van der Waals surface area (Å²) in [5, 5.41) is 20.3. The lowest BCUT2D eigenvalue weighted by molar-refractivity contribution is -0.385. The van der Waals surface area contributed by atoms with Gasteiger partial charge in [-0.1, -0.05) is 12.1 Å². The van der Waals surface area contributed by atoms with Gasteiger partial charge in [-0.3, -0.25) is 24.6 Å². The lowest BCUT2D eigenvalue weighted by Gasteiger charge is -2.09. The monoisotopic (exact) mass is 404 g/mol. The molecule has 0 unspecified atom stereocenters. The van der Waals surface area contributed by atoms with Gasteiger partial charge in [0.25, 0.3) is 11.1 Å². The minimum atomic E-state index is -0.756. The first-order chi connectivity index (χ1) is 13.3. The molecule has 0 bridgehead atoms. The van der Waals surface area contributed by atoms with E-state index in [1.807, 2.05) is 0 Å². The molecule has 2 heterocycles. The second-order valence-corrected chi connectivity index (χ2v) is 6.49. The van der Waals surface area contributed by atoms with Crippen LogP contribution in [0.1, 0.15) is 21.9 Å². The number of hydrogen-bond donors (Lipinski definition) is 1. The fourth-order valence-electron chi connectivity index (χ4n) is 2.42. The number of carbonyl (C=O) groups excluding carboxylic acids is 3. The van der Waals surface area contributed by atoms with E-state index in [2.05, 4.69) is 4.74 Å². The predicted molar refractivity (Wildman–Crippen MR) is 96.3 cm³/mol. The highest BCUT2D eigenvalue weighted by atomic mass is 32.2. The van der Waals surface area contributed by atoms with Crippen LogP contribution in [0.5, 0.6) is 5.75 Å². The number of imide groups is 1. The van der Waals surface area contributed by atoms with Gasteiger partial charge >= 0.3 is 11.7 Å². The number of phenolic OH excluding ortho intramolecular Hbond substituents is 1. The molecule has 2 amide bonds. The lowest BCUT2D eigenvalue weighted by Crippen LogP contribution is -2.27. The number of nitro benzene ring substituents is 1. The molecule has 1 aromatic heterocycles. The van der Waals surface area contributed by atoms with E-state index in [4.69, 9.17) is 4.42 Å². The third-order valence-corrected chi connectivity index (χ3v) is 4.67. The molecule has 0 atom stereocenters. The average Bonchev–Trinajstić information content (AvgIpc) is 3.23. The molecule has 1 saturated heterocycles. The fraction of sp³-hybridized carbons (Fsp3) is 0.118. The predicted octanol–water partition coefficient (Wildman–Crippen LogP) is 2.92. The summed E-state index contributed by atoms with van der Waals surface area (Å²) in [5.41, 5.74) is -0.482. The summed E-state index contributed by atoms with van der Waals surface area (Å²) in [5.74, 6) is -1.82. The Balaban J connectivity index is 1.83. The number of benzene rings is 1. The van der Waals surface area contributed by atoms with Crippen molar-refractivity contribution >= 4 is 40.6 Å². The molecule has 1 fully saturated rings. The molecular formula is C17H12N2O8S. The zero-order valence-electron chi connectivity index (χ0n) is 14.3. The van der Waals surface area contributed by atoms with Crippen molar-refractivity contribution in [1.29, 1.82) is 0 Å². The SMILES string of the molecule is COC(=O)c1ccc(CN2C(=O)S/C(=C/c3cccc([N+](=O)[O-])c3O)C2=O)o1. The highest BCUT2D eigenvalue weighted by Crippen LogP contribution is 2.37. The normalized spacial score (nSPS) is 15.3. The van der Waals surface area contributed by atoms with E-state index in [0.29, 0.717) is 11.8 Å². The maximum Gasteiger partial charge on any atom is 0.373 e. The van der Waals surface area contributed by atoms with Gasteiger partial charge in [0.2, 0.25) is 11.5 Å². The van der Waals surface area contributed by atoms with E-state index in [-0.39, 0.29) is 28.5 Å². The molecule has 0 aliphatic carbocycles. The zero-order chi connectivity index (χ0) is 20.4. The molecule has 3 rings (SSSR count). The van der Waals surface area contributed by atoms with E-state index < -0.39 is 33.5 Å². The second-order valence-electron chi connectivity index (χ2n) is 5.50. The second kappa shape index (κ2) is 7.56. The summed E-state index contributed by atoms with van der Waals surface area (Å²) in [6.45, 7) is -0.208. The minimum Gasteiger partial charge on any atom is -0.502 e. The topological polar surface area (TPSA) is 140 Å². The van der Waals surface area contributed by atoms with Gasteiger partial charge in [-0.25, -0.2) is 4.79 Å².